The number of hydrogen-bond donors (Lipinski definition) is 2. The number of aliphatic imine (C=N–C) groups is 1. The third kappa shape index (κ3) is 6.03. The van der Waals surface area contributed by atoms with Crippen molar-refractivity contribution in [3.63, 3.8) is 0 Å². The first kappa shape index (κ1) is 19.7. The summed E-state index contributed by atoms with van der Waals surface area (Å²) in [6.45, 7) is 7.59. The quantitative estimate of drug-likeness (QED) is 0.565. The Morgan fingerprint density at radius 1 is 1.25 bits per heavy atom. The van der Waals surface area contributed by atoms with E-state index in [4.69, 9.17) is 0 Å². The molecular weight excluding hydrogens is 320 g/mol. The average molecular weight is 357 g/mol. The lowest BCUT2D eigenvalue weighted by Crippen LogP contribution is -2.49. The summed E-state index contributed by atoms with van der Waals surface area (Å²) in [5.41, 5.74) is 0. The second kappa shape index (κ2) is 10.4. The highest BCUT2D eigenvalue weighted by Crippen LogP contribution is 2.23. The third-order valence-corrected chi connectivity index (χ3v) is 7.22. The molecule has 0 radical (unpaired) electrons. The Balaban J connectivity index is 1.72. The molecule has 2 rings (SSSR count). The molecule has 1 aliphatic carbocycles. The Labute approximate surface area is 150 Å². The summed E-state index contributed by atoms with van der Waals surface area (Å²) in [6, 6.07) is 1.11. The second-order valence-electron chi connectivity index (χ2n) is 7.18. The molecule has 24 heavy (non-hydrogen) atoms. The summed E-state index contributed by atoms with van der Waals surface area (Å²) >= 11 is 0. The highest BCUT2D eigenvalue weighted by Gasteiger charge is 2.26. The smallest absolute Gasteiger partial charge is 0.191 e. The molecule has 4 atom stereocenters. The minimum Gasteiger partial charge on any atom is -0.355 e. The van der Waals surface area contributed by atoms with Gasteiger partial charge in [-0.2, -0.15) is 0 Å². The summed E-state index contributed by atoms with van der Waals surface area (Å²) in [5.74, 6) is 1.67. The van der Waals surface area contributed by atoms with Gasteiger partial charge in [-0.3, -0.25) is 14.1 Å². The first-order chi connectivity index (χ1) is 11.6. The monoisotopic (exact) mass is 356 g/mol. The van der Waals surface area contributed by atoms with Gasteiger partial charge in [-0.1, -0.05) is 19.8 Å². The lowest BCUT2D eigenvalue weighted by atomic mass is 9.95. The second-order valence-corrected chi connectivity index (χ2v) is 9.18. The standard InChI is InChI=1S/C18H36N4OS/c1-4-24(23)17-10-7-9-16(14-17)21-18(19-3)20-11-13-22-12-6-5-8-15(22)2/h15-17H,4-14H2,1-3H3,(H2,19,20,21). The Kier molecular flexibility index (Phi) is 8.53. The van der Waals surface area contributed by atoms with Gasteiger partial charge in [0.1, 0.15) is 0 Å². The van der Waals surface area contributed by atoms with Crippen LogP contribution in [0.5, 0.6) is 0 Å². The van der Waals surface area contributed by atoms with E-state index in [2.05, 4.69) is 27.4 Å². The highest BCUT2D eigenvalue weighted by atomic mass is 32.2. The molecule has 0 spiro atoms. The Morgan fingerprint density at radius 2 is 2.08 bits per heavy atom. The van der Waals surface area contributed by atoms with E-state index < -0.39 is 10.8 Å². The van der Waals surface area contributed by atoms with Crippen LogP contribution in [0.25, 0.3) is 0 Å². The summed E-state index contributed by atoms with van der Waals surface area (Å²) in [7, 11) is 1.17. The summed E-state index contributed by atoms with van der Waals surface area (Å²) in [5, 5.41) is 7.37. The van der Waals surface area contributed by atoms with Crippen molar-refractivity contribution in [3.8, 4) is 0 Å². The Hall–Kier alpha value is -0.620. The van der Waals surface area contributed by atoms with Crippen LogP contribution in [0.3, 0.4) is 0 Å². The molecule has 1 saturated heterocycles. The number of guanidine groups is 1. The van der Waals surface area contributed by atoms with E-state index in [-0.39, 0.29) is 0 Å². The molecule has 5 nitrogen and oxygen atoms in total. The number of piperidine rings is 1. The van der Waals surface area contributed by atoms with Gasteiger partial charge in [-0.15, -0.1) is 0 Å². The Morgan fingerprint density at radius 3 is 2.79 bits per heavy atom. The number of likely N-dealkylation sites (tertiary alicyclic amines) is 1. The molecule has 1 saturated carbocycles. The van der Waals surface area contributed by atoms with Gasteiger partial charge >= 0.3 is 0 Å². The maximum absolute atomic E-state index is 12.1. The molecular formula is C18H36N4OS. The van der Waals surface area contributed by atoms with E-state index in [0.717, 1.165) is 50.5 Å². The maximum atomic E-state index is 12.1. The minimum atomic E-state index is -0.671. The van der Waals surface area contributed by atoms with Crippen LogP contribution >= 0.6 is 0 Å². The van der Waals surface area contributed by atoms with Gasteiger partial charge in [-0.25, -0.2) is 0 Å². The van der Waals surface area contributed by atoms with Crippen LogP contribution in [0.4, 0.5) is 0 Å². The minimum absolute atomic E-state index is 0.355. The molecule has 1 aliphatic heterocycles. The van der Waals surface area contributed by atoms with E-state index in [1.807, 2.05) is 14.0 Å². The van der Waals surface area contributed by atoms with Crippen molar-refractivity contribution < 1.29 is 4.21 Å². The van der Waals surface area contributed by atoms with Crippen LogP contribution in [-0.2, 0) is 10.8 Å². The first-order valence-electron chi connectivity index (χ1n) is 9.72. The molecule has 2 N–H and O–H groups in total. The van der Waals surface area contributed by atoms with Crippen molar-refractivity contribution >= 4 is 16.8 Å². The number of rotatable bonds is 6. The van der Waals surface area contributed by atoms with Gasteiger partial charge < -0.3 is 10.6 Å². The molecule has 2 aliphatic rings. The van der Waals surface area contributed by atoms with E-state index in [0.29, 0.717) is 17.3 Å². The largest absolute Gasteiger partial charge is 0.355 e. The van der Waals surface area contributed by atoms with Crippen molar-refractivity contribution in [2.45, 2.75) is 76.1 Å². The lowest BCUT2D eigenvalue weighted by molar-refractivity contribution is 0.163. The average Bonchev–Trinajstić information content (AvgIpc) is 2.62. The molecule has 140 valence electrons. The molecule has 0 aromatic carbocycles. The molecule has 4 unspecified atom stereocenters. The predicted molar refractivity (Wildman–Crippen MR) is 104 cm³/mol. The van der Waals surface area contributed by atoms with E-state index in [9.17, 15) is 4.21 Å². The zero-order chi connectivity index (χ0) is 17.4. The van der Waals surface area contributed by atoms with Crippen molar-refractivity contribution in [2.75, 3.05) is 32.4 Å². The van der Waals surface area contributed by atoms with Crippen molar-refractivity contribution in [1.82, 2.24) is 15.5 Å². The van der Waals surface area contributed by atoms with Gasteiger partial charge in [-0.05, 0) is 45.6 Å². The van der Waals surface area contributed by atoms with Crippen LogP contribution in [0.2, 0.25) is 0 Å². The molecule has 0 aromatic rings. The summed E-state index contributed by atoms with van der Waals surface area (Å²) in [4.78, 5) is 6.95. The maximum Gasteiger partial charge on any atom is 0.191 e. The van der Waals surface area contributed by atoms with E-state index in [1.54, 1.807) is 0 Å². The van der Waals surface area contributed by atoms with Crippen LogP contribution in [-0.4, -0.2) is 64.8 Å². The fraction of sp³-hybridized carbons (Fsp3) is 0.944. The molecule has 0 bridgehead atoms. The Bertz CT molecular complexity index is 429. The van der Waals surface area contributed by atoms with Crippen molar-refractivity contribution in [1.29, 1.82) is 0 Å². The molecule has 0 aromatic heterocycles. The topological polar surface area (TPSA) is 56.7 Å². The molecule has 6 heteroatoms. The first-order valence-corrected chi connectivity index (χ1v) is 11.1. The number of nitrogens with one attached hydrogen (secondary N) is 2. The number of hydrogen-bond acceptors (Lipinski definition) is 3. The van der Waals surface area contributed by atoms with E-state index >= 15 is 0 Å². The summed E-state index contributed by atoms with van der Waals surface area (Å²) in [6.07, 6.45) is 8.45. The fourth-order valence-corrected chi connectivity index (χ4v) is 5.29. The van der Waals surface area contributed by atoms with Crippen LogP contribution < -0.4 is 10.6 Å². The lowest BCUT2D eigenvalue weighted by Gasteiger charge is -2.34. The normalized spacial score (nSPS) is 30.8. The van der Waals surface area contributed by atoms with Gasteiger partial charge in [0.25, 0.3) is 0 Å². The summed E-state index contributed by atoms with van der Waals surface area (Å²) < 4.78 is 12.1. The van der Waals surface area contributed by atoms with Crippen LogP contribution in [0, 0.1) is 0 Å². The SMILES string of the molecule is CCS(=O)C1CCCC(NC(=NC)NCCN2CCCCC2C)C1. The van der Waals surface area contributed by atoms with Gasteiger partial charge in [0.05, 0.1) is 0 Å². The zero-order valence-electron chi connectivity index (χ0n) is 15.7. The van der Waals surface area contributed by atoms with Crippen molar-refractivity contribution in [3.05, 3.63) is 0 Å². The van der Waals surface area contributed by atoms with Crippen LogP contribution in [0.15, 0.2) is 4.99 Å². The molecule has 1 heterocycles. The van der Waals surface area contributed by atoms with E-state index in [1.165, 1.54) is 25.8 Å². The van der Waals surface area contributed by atoms with Gasteiger partial charge in [0.15, 0.2) is 5.96 Å². The number of nitrogens with zero attached hydrogens (tertiary/aromatic N) is 2. The predicted octanol–water partition coefficient (Wildman–Crippen LogP) is 2.11. The van der Waals surface area contributed by atoms with Gasteiger partial charge in [0.2, 0.25) is 0 Å². The molecule has 0 amide bonds. The highest BCUT2D eigenvalue weighted by molar-refractivity contribution is 7.85. The third-order valence-electron chi connectivity index (χ3n) is 5.48. The van der Waals surface area contributed by atoms with Crippen LogP contribution in [0.1, 0.15) is 58.8 Å². The van der Waals surface area contributed by atoms with Crippen molar-refractivity contribution in [2.24, 2.45) is 4.99 Å². The zero-order valence-corrected chi connectivity index (χ0v) is 16.5. The molecule has 2 fully saturated rings. The fourth-order valence-electron chi connectivity index (χ4n) is 3.95. The van der Waals surface area contributed by atoms with Gasteiger partial charge in [0, 0.05) is 54.0 Å².